The maximum absolute atomic E-state index is 12.1. The third kappa shape index (κ3) is 3.76. The molecule has 0 bridgehead atoms. The minimum Gasteiger partial charge on any atom is -0.467 e. The molecule has 2 saturated heterocycles. The van der Waals surface area contributed by atoms with E-state index in [2.05, 4.69) is 10.2 Å². The van der Waals surface area contributed by atoms with E-state index in [0.29, 0.717) is 12.3 Å². The van der Waals surface area contributed by atoms with Gasteiger partial charge >= 0.3 is 0 Å². The van der Waals surface area contributed by atoms with Crippen molar-refractivity contribution >= 4 is 15.7 Å². The van der Waals surface area contributed by atoms with Gasteiger partial charge < -0.3 is 9.73 Å². The van der Waals surface area contributed by atoms with Gasteiger partial charge in [0.05, 0.1) is 30.9 Å². The number of piperazine rings is 1. The van der Waals surface area contributed by atoms with Crippen molar-refractivity contribution in [3.8, 4) is 0 Å². The van der Waals surface area contributed by atoms with Gasteiger partial charge in [-0.05, 0) is 18.7 Å². The molecule has 0 aromatic carbocycles. The molecule has 2 aliphatic heterocycles. The molecule has 1 aromatic rings. The average Bonchev–Trinajstić information content (AvgIpc) is 3.12. The number of nitrogens with one attached hydrogen (secondary N) is 1. The molecule has 0 radical (unpaired) electrons. The second kappa shape index (κ2) is 6.62. The summed E-state index contributed by atoms with van der Waals surface area (Å²) >= 11 is 0. The molecule has 0 aliphatic carbocycles. The normalized spacial score (nSPS) is 27.7. The summed E-state index contributed by atoms with van der Waals surface area (Å²) in [7, 11) is -3.02. The van der Waals surface area contributed by atoms with E-state index >= 15 is 0 Å². The van der Waals surface area contributed by atoms with E-state index in [-0.39, 0.29) is 36.0 Å². The molecule has 0 saturated carbocycles. The average molecular weight is 341 g/mol. The van der Waals surface area contributed by atoms with Crippen LogP contribution in [0.2, 0.25) is 0 Å². The standard InChI is InChI=1S/C15H23N3O4S/c1-2-17-5-6-18(14-11-23(20,21)10-13(14)17)9-15(19)16-8-12-4-3-7-22-12/h3-4,7,13-14H,2,5-6,8-11H2,1H3,(H,16,19)/t13-,14+/m1/s1. The minimum atomic E-state index is -3.02. The Hall–Kier alpha value is -1.38. The third-order valence-electron chi connectivity index (χ3n) is 4.70. The predicted molar refractivity (Wildman–Crippen MR) is 85.6 cm³/mol. The molecule has 2 fully saturated rings. The van der Waals surface area contributed by atoms with Crippen molar-refractivity contribution in [3.63, 3.8) is 0 Å². The fourth-order valence-corrected chi connectivity index (χ4v) is 5.57. The van der Waals surface area contributed by atoms with Crippen LogP contribution in [-0.2, 0) is 21.2 Å². The Morgan fingerprint density at radius 1 is 1.30 bits per heavy atom. The maximum atomic E-state index is 12.1. The first-order valence-electron chi connectivity index (χ1n) is 7.96. The van der Waals surface area contributed by atoms with Crippen LogP contribution in [0.5, 0.6) is 0 Å². The van der Waals surface area contributed by atoms with Gasteiger partial charge in [0, 0.05) is 25.2 Å². The van der Waals surface area contributed by atoms with Crippen molar-refractivity contribution in [2.75, 3.05) is 37.7 Å². The molecule has 128 valence electrons. The molecule has 3 rings (SSSR count). The number of furan rings is 1. The lowest BCUT2D eigenvalue weighted by Gasteiger charge is -2.43. The van der Waals surface area contributed by atoms with Crippen molar-refractivity contribution in [2.45, 2.75) is 25.6 Å². The summed E-state index contributed by atoms with van der Waals surface area (Å²) < 4.78 is 29.2. The van der Waals surface area contributed by atoms with Gasteiger partial charge in [0.15, 0.2) is 9.84 Å². The van der Waals surface area contributed by atoms with Gasteiger partial charge in [0.2, 0.25) is 5.91 Å². The summed E-state index contributed by atoms with van der Waals surface area (Å²) in [5.41, 5.74) is 0. The number of hydrogen-bond acceptors (Lipinski definition) is 6. The molecule has 0 spiro atoms. The Labute approximate surface area is 136 Å². The number of amides is 1. The van der Waals surface area contributed by atoms with Crippen LogP contribution >= 0.6 is 0 Å². The SMILES string of the molecule is CCN1CCN(CC(=O)NCc2ccco2)[C@H]2CS(=O)(=O)C[C@H]21. The second-order valence-corrected chi connectivity index (χ2v) is 8.32. The molecule has 8 heteroatoms. The van der Waals surface area contributed by atoms with E-state index < -0.39 is 9.84 Å². The van der Waals surface area contributed by atoms with Gasteiger partial charge in [0.1, 0.15) is 5.76 Å². The highest BCUT2D eigenvalue weighted by molar-refractivity contribution is 7.91. The third-order valence-corrected chi connectivity index (χ3v) is 6.40. The Kier molecular flexibility index (Phi) is 4.74. The van der Waals surface area contributed by atoms with Crippen molar-refractivity contribution < 1.29 is 17.6 Å². The van der Waals surface area contributed by atoms with Gasteiger partial charge in [-0.3, -0.25) is 14.6 Å². The summed E-state index contributed by atoms with van der Waals surface area (Å²) in [4.78, 5) is 16.4. The molecule has 2 atom stereocenters. The Morgan fingerprint density at radius 3 is 2.65 bits per heavy atom. The highest BCUT2D eigenvalue weighted by Gasteiger charge is 2.46. The van der Waals surface area contributed by atoms with Gasteiger partial charge in [-0.25, -0.2) is 8.42 Å². The number of sulfone groups is 1. The van der Waals surface area contributed by atoms with Crippen molar-refractivity contribution in [2.24, 2.45) is 0 Å². The number of fused-ring (bicyclic) bond motifs is 1. The zero-order valence-corrected chi connectivity index (χ0v) is 14.1. The highest BCUT2D eigenvalue weighted by Crippen LogP contribution is 2.26. The van der Waals surface area contributed by atoms with E-state index in [0.717, 1.165) is 19.6 Å². The van der Waals surface area contributed by atoms with Crippen LogP contribution in [0.1, 0.15) is 12.7 Å². The van der Waals surface area contributed by atoms with E-state index in [4.69, 9.17) is 4.42 Å². The molecule has 0 unspecified atom stereocenters. The van der Waals surface area contributed by atoms with E-state index in [1.165, 1.54) is 0 Å². The summed E-state index contributed by atoms with van der Waals surface area (Å²) in [5.74, 6) is 0.959. The smallest absolute Gasteiger partial charge is 0.234 e. The first-order valence-corrected chi connectivity index (χ1v) is 9.78. The summed E-state index contributed by atoms with van der Waals surface area (Å²) in [5, 5.41) is 2.82. The minimum absolute atomic E-state index is 0.0108. The van der Waals surface area contributed by atoms with Gasteiger partial charge in [-0.2, -0.15) is 0 Å². The van der Waals surface area contributed by atoms with Gasteiger partial charge in [-0.15, -0.1) is 0 Å². The second-order valence-electron chi connectivity index (χ2n) is 6.17. The molecular formula is C15H23N3O4S. The lowest BCUT2D eigenvalue weighted by molar-refractivity contribution is -0.124. The summed E-state index contributed by atoms with van der Waals surface area (Å²) in [6, 6.07) is 3.51. The molecule has 3 heterocycles. The van der Waals surface area contributed by atoms with Crippen molar-refractivity contribution in [1.29, 1.82) is 0 Å². The number of carbonyl (C=O) groups excluding carboxylic acids is 1. The van der Waals surface area contributed by atoms with E-state index in [1.54, 1.807) is 18.4 Å². The lowest BCUT2D eigenvalue weighted by atomic mass is 10.0. The number of likely N-dealkylation sites (N-methyl/N-ethyl adjacent to an activating group) is 1. The largest absolute Gasteiger partial charge is 0.467 e. The Morgan fingerprint density at radius 2 is 2.00 bits per heavy atom. The quantitative estimate of drug-likeness (QED) is 0.792. The monoisotopic (exact) mass is 341 g/mol. The topological polar surface area (TPSA) is 82.9 Å². The van der Waals surface area contributed by atoms with E-state index in [1.807, 2.05) is 11.8 Å². The van der Waals surface area contributed by atoms with Crippen LogP contribution < -0.4 is 5.32 Å². The lowest BCUT2D eigenvalue weighted by Crippen LogP contribution is -2.60. The Bertz CT molecular complexity index is 644. The first-order chi connectivity index (χ1) is 11.0. The van der Waals surface area contributed by atoms with Crippen LogP contribution in [-0.4, -0.2) is 73.9 Å². The molecule has 2 aliphatic rings. The fourth-order valence-electron chi connectivity index (χ4n) is 3.52. The van der Waals surface area contributed by atoms with Crippen LogP contribution in [0.15, 0.2) is 22.8 Å². The van der Waals surface area contributed by atoms with Crippen LogP contribution in [0.25, 0.3) is 0 Å². The maximum Gasteiger partial charge on any atom is 0.234 e. The number of nitrogens with zero attached hydrogens (tertiary/aromatic N) is 2. The van der Waals surface area contributed by atoms with Crippen LogP contribution in [0.3, 0.4) is 0 Å². The molecular weight excluding hydrogens is 318 g/mol. The number of carbonyl (C=O) groups is 1. The summed E-state index contributed by atoms with van der Waals surface area (Å²) in [6.45, 7) is 5.00. The van der Waals surface area contributed by atoms with Crippen LogP contribution in [0.4, 0.5) is 0 Å². The molecule has 1 amide bonds. The highest BCUT2D eigenvalue weighted by atomic mass is 32.2. The first kappa shape index (κ1) is 16.5. The molecule has 1 aromatic heterocycles. The number of hydrogen-bond donors (Lipinski definition) is 1. The predicted octanol–water partition coefficient (Wildman–Crippen LogP) is -0.301. The zero-order valence-electron chi connectivity index (χ0n) is 13.3. The Balaban J connectivity index is 1.60. The fraction of sp³-hybridized carbons (Fsp3) is 0.667. The molecule has 7 nitrogen and oxygen atoms in total. The van der Waals surface area contributed by atoms with Crippen LogP contribution in [0, 0.1) is 0 Å². The van der Waals surface area contributed by atoms with Crippen molar-refractivity contribution in [3.05, 3.63) is 24.2 Å². The van der Waals surface area contributed by atoms with E-state index in [9.17, 15) is 13.2 Å². The number of rotatable bonds is 5. The van der Waals surface area contributed by atoms with Crippen molar-refractivity contribution in [1.82, 2.24) is 15.1 Å². The zero-order chi connectivity index (χ0) is 16.4. The summed E-state index contributed by atoms with van der Waals surface area (Å²) in [6.07, 6.45) is 1.57. The van der Waals surface area contributed by atoms with Gasteiger partial charge in [-0.1, -0.05) is 6.92 Å². The molecule has 1 N–H and O–H groups in total. The molecule has 23 heavy (non-hydrogen) atoms. The van der Waals surface area contributed by atoms with Gasteiger partial charge in [0.25, 0.3) is 0 Å².